The molecule has 2 nitrogen and oxygen atoms in total. The van der Waals surface area contributed by atoms with Crippen molar-refractivity contribution in [1.29, 1.82) is 0 Å². The van der Waals surface area contributed by atoms with Crippen molar-refractivity contribution in [2.24, 2.45) is 0 Å². The van der Waals surface area contributed by atoms with Gasteiger partial charge in [-0.15, -0.1) is 0 Å². The van der Waals surface area contributed by atoms with E-state index in [9.17, 15) is 0 Å². The van der Waals surface area contributed by atoms with Crippen LogP contribution in [0.25, 0.3) is 20.8 Å². The van der Waals surface area contributed by atoms with E-state index in [0.29, 0.717) is 0 Å². The van der Waals surface area contributed by atoms with Crippen molar-refractivity contribution < 1.29 is 4.57 Å². The number of aromatic nitrogens is 1. The number of rotatable bonds is 5. The highest BCUT2D eigenvalue weighted by atomic mass is 32.1. The Kier molecular flexibility index (Phi) is 4.67. The second-order valence-electron chi connectivity index (χ2n) is 5.84. The van der Waals surface area contributed by atoms with Crippen LogP contribution in [0.1, 0.15) is 26.3 Å². The van der Waals surface area contributed by atoms with Crippen LogP contribution in [0.4, 0.5) is 5.69 Å². The minimum Gasteiger partial charge on any atom is -0.372 e. The van der Waals surface area contributed by atoms with E-state index in [1.807, 2.05) is 11.3 Å². The molecule has 3 heteroatoms. The van der Waals surface area contributed by atoms with Crippen molar-refractivity contribution in [1.82, 2.24) is 0 Å². The Hall–Kier alpha value is -1.87. The maximum absolute atomic E-state index is 2.42. The van der Waals surface area contributed by atoms with E-state index in [4.69, 9.17) is 0 Å². The number of nitrogens with zero attached hydrogens (tertiary/aromatic N) is 2. The van der Waals surface area contributed by atoms with Crippen molar-refractivity contribution in [2.45, 2.75) is 34.2 Å². The van der Waals surface area contributed by atoms with Gasteiger partial charge in [-0.1, -0.05) is 17.4 Å². The molecule has 0 saturated carbocycles. The molecule has 0 aliphatic heterocycles. The van der Waals surface area contributed by atoms with Crippen LogP contribution in [0.3, 0.4) is 0 Å². The highest BCUT2D eigenvalue weighted by Crippen LogP contribution is 2.30. The number of fused-ring (bicyclic) bond motifs is 1. The number of hydrogen-bond donors (Lipinski definition) is 0. The third-order valence-corrected chi connectivity index (χ3v) is 5.61. The smallest absolute Gasteiger partial charge is 0.270 e. The molecular formula is C20H25N2S+. The average Bonchev–Trinajstić information content (AvgIpc) is 2.94. The number of benzene rings is 2. The quantitative estimate of drug-likeness (QED) is 0.597. The summed E-state index contributed by atoms with van der Waals surface area (Å²) in [5, 5.41) is 1.35. The number of thiazole rings is 1. The molecular weight excluding hydrogens is 300 g/mol. The van der Waals surface area contributed by atoms with Crippen LogP contribution in [0.15, 0.2) is 42.5 Å². The molecule has 1 aromatic heterocycles. The van der Waals surface area contributed by atoms with E-state index in [2.05, 4.69) is 79.6 Å². The third kappa shape index (κ3) is 2.98. The molecule has 2 aromatic carbocycles. The molecule has 0 N–H and O–H groups in total. The van der Waals surface area contributed by atoms with E-state index >= 15 is 0 Å². The normalized spacial score (nSPS) is 11.1. The average molecular weight is 326 g/mol. The molecule has 3 rings (SSSR count). The summed E-state index contributed by atoms with van der Waals surface area (Å²) in [4.78, 5) is 2.38. The Labute approximate surface area is 143 Å². The standard InChI is InChI=1S/C20H25N2S/c1-5-21(6-2)17-11-9-16(10-12-17)20-22(7-3)18-13-8-15(4)14-19(18)23-20/h8-14H,5-7H2,1-4H3/q+1. The second kappa shape index (κ2) is 6.71. The molecule has 0 bridgehead atoms. The zero-order valence-corrected chi connectivity index (χ0v) is 15.3. The molecule has 0 saturated heterocycles. The first-order chi connectivity index (χ1) is 11.2. The van der Waals surface area contributed by atoms with Gasteiger partial charge in [-0.2, -0.15) is 4.57 Å². The van der Waals surface area contributed by atoms with Gasteiger partial charge in [0.1, 0.15) is 11.2 Å². The number of aryl methyl sites for hydroxylation is 2. The van der Waals surface area contributed by atoms with E-state index in [-0.39, 0.29) is 0 Å². The molecule has 0 aliphatic carbocycles. The van der Waals surface area contributed by atoms with Crippen LogP contribution in [-0.2, 0) is 6.54 Å². The zero-order valence-electron chi connectivity index (χ0n) is 14.5. The van der Waals surface area contributed by atoms with Crippen molar-refractivity contribution in [3.8, 4) is 10.6 Å². The summed E-state index contributed by atoms with van der Waals surface area (Å²) < 4.78 is 3.79. The van der Waals surface area contributed by atoms with Crippen molar-refractivity contribution in [3.63, 3.8) is 0 Å². The van der Waals surface area contributed by atoms with Gasteiger partial charge in [0.25, 0.3) is 5.01 Å². The predicted octanol–water partition coefficient (Wildman–Crippen LogP) is 5.03. The Morgan fingerprint density at radius 2 is 1.65 bits per heavy atom. The number of hydrogen-bond acceptors (Lipinski definition) is 2. The van der Waals surface area contributed by atoms with Crippen LogP contribution in [0.5, 0.6) is 0 Å². The lowest BCUT2D eigenvalue weighted by Gasteiger charge is -2.20. The monoisotopic (exact) mass is 325 g/mol. The first kappa shape index (κ1) is 16.0. The summed E-state index contributed by atoms with van der Waals surface area (Å²) in [5.41, 5.74) is 5.27. The van der Waals surface area contributed by atoms with E-state index in [0.717, 1.165) is 19.6 Å². The fourth-order valence-electron chi connectivity index (χ4n) is 3.13. The molecule has 0 amide bonds. The van der Waals surface area contributed by atoms with Crippen LogP contribution in [0, 0.1) is 6.92 Å². The fraction of sp³-hybridized carbons (Fsp3) is 0.350. The Morgan fingerprint density at radius 1 is 0.957 bits per heavy atom. The SMILES string of the molecule is CCN(CC)c1ccc(-c2sc3cc(C)ccc3[n+]2CC)cc1. The van der Waals surface area contributed by atoms with E-state index < -0.39 is 0 Å². The van der Waals surface area contributed by atoms with Gasteiger partial charge in [-0.05, 0) is 63.6 Å². The highest BCUT2D eigenvalue weighted by Gasteiger charge is 2.20. The molecule has 0 fully saturated rings. The van der Waals surface area contributed by atoms with Gasteiger partial charge in [-0.25, -0.2) is 0 Å². The van der Waals surface area contributed by atoms with Crippen molar-refractivity contribution in [3.05, 3.63) is 48.0 Å². The summed E-state index contributed by atoms with van der Waals surface area (Å²) in [7, 11) is 0. The molecule has 0 spiro atoms. The van der Waals surface area contributed by atoms with Crippen molar-refractivity contribution in [2.75, 3.05) is 18.0 Å². The summed E-state index contributed by atoms with van der Waals surface area (Å²) in [6.45, 7) is 11.9. The molecule has 0 unspecified atom stereocenters. The van der Waals surface area contributed by atoms with Crippen LogP contribution in [0.2, 0.25) is 0 Å². The van der Waals surface area contributed by atoms with E-state index in [1.54, 1.807) is 0 Å². The van der Waals surface area contributed by atoms with Crippen LogP contribution in [-0.4, -0.2) is 13.1 Å². The lowest BCUT2D eigenvalue weighted by molar-refractivity contribution is -0.653. The molecule has 3 aromatic rings. The molecule has 0 aliphatic rings. The highest BCUT2D eigenvalue weighted by molar-refractivity contribution is 7.21. The fourth-order valence-corrected chi connectivity index (χ4v) is 4.45. The lowest BCUT2D eigenvalue weighted by atomic mass is 10.2. The lowest BCUT2D eigenvalue weighted by Crippen LogP contribution is -2.32. The van der Waals surface area contributed by atoms with E-state index in [1.165, 1.54) is 32.0 Å². The maximum Gasteiger partial charge on any atom is 0.270 e. The predicted molar refractivity (Wildman–Crippen MR) is 101 cm³/mol. The summed E-state index contributed by atoms with van der Waals surface area (Å²) >= 11 is 1.89. The Bertz CT molecular complexity index is 798. The summed E-state index contributed by atoms with van der Waals surface area (Å²) in [6, 6.07) is 15.8. The van der Waals surface area contributed by atoms with Gasteiger partial charge < -0.3 is 4.90 Å². The van der Waals surface area contributed by atoms with Gasteiger partial charge in [0, 0.05) is 24.8 Å². The zero-order chi connectivity index (χ0) is 16.4. The van der Waals surface area contributed by atoms with Crippen molar-refractivity contribution >= 4 is 27.2 Å². The first-order valence-electron chi connectivity index (χ1n) is 8.46. The minimum atomic E-state index is 0.996. The van der Waals surface area contributed by atoms with Gasteiger partial charge in [-0.3, -0.25) is 0 Å². The third-order valence-electron chi connectivity index (χ3n) is 4.42. The molecule has 0 atom stereocenters. The molecule has 23 heavy (non-hydrogen) atoms. The topological polar surface area (TPSA) is 7.12 Å². The van der Waals surface area contributed by atoms with Gasteiger partial charge in [0.05, 0.1) is 5.56 Å². The van der Waals surface area contributed by atoms with Gasteiger partial charge in [0.15, 0.2) is 0 Å². The maximum atomic E-state index is 2.42. The molecule has 0 radical (unpaired) electrons. The second-order valence-corrected chi connectivity index (χ2v) is 6.87. The molecule has 120 valence electrons. The Balaban J connectivity index is 2.06. The van der Waals surface area contributed by atoms with Crippen LogP contribution < -0.4 is 9.47 Å². The number of anilines is 1. The Morgan fingerprint density at radius 3 is 2.26 bits per heavy atom. The first-order valence-corrected chi connectivity index (χ1v) is 9.27. The van der Waals surface area contributed by atoms with Gasteiger partial charge >= 0.3 is 0 Å². The molecule has 1 heterocycles. The summed E-state index contributed by atoms with van der Waals surface area (Å²) in [6.07, 6.45) is 0. The minimum absolute atomic E-state index is 0.996. The largest absolute Gasteiger partial charge is 0.372 e. The summed E-state index contributed by atoms with van der Waals surface area (Å²) in [5.74, 6) is 0. The van der Waals surface area contributed by atoms with Crippen LogP contribution >= 0.6 is 11.3 Å². The van der Waals surface area contributed by atoms with Gasteiger partial charge in [0.2, 0.25) is 5.52 Å².